The van der Waals surface area contributed by atoms with Gasteiger partial charge in [-0.3, -0.25) is 0 Å². The minimum absolute atomic E-state index is 0.140. The van der Waals surface area contributed by atoms with E-state index in [0.717, 1.165) is 5.39 Å². The molecule has 1 aromatic heterocycles. The lowest BCUT2D eigenvalue weighted by atomic mass is 10.1. The number of hydrogen-bond donors (Lipinski definition) is 1. The van der Waals surface area contributed by atoms with E-state index in [0.29, 0.717) is 17.8 Å². The van der Waals surface area contributed by atoms with Crippen molar-refractivity contribution in [2.24, 2.45) is 0 Å². The van der Waals surface area contributed by atoms with Crippen molar-refractivity contribution in [2.45, 2.75) is 6.92 Å². The molecule has 0 aliphatic heterocycles. The Hall–Kier alpha value is -1.81. The van der Waals surface area contributed by atoms with Gasteiger partial charge >= 0.3 is 5.97 Å². The number of pyridine rings is 1. The predicted octanol–water partition coefficient (Wildman–Crippen LogP) is 2.65. The number of hydrogen-bond acceptors (Lipinski definition) is 4. The van der Waals surface area contributed by atoms with Gasteiger partial charge in [-0.05, 0) is 31.2 Å². The maximum atomic E-state index is 11.6. The number of anilines is 1. The second-order valence-corrected chi connectivity index (χ2v) is 3.86. The zero-order valence-corrected chi connectivity index (χ0v) is 9.99. The highest BCUT2D eigenvalue weighted by Gasteiger charge is 2.13. The molecule has 88 valence electrons. The van der Waals surface area contributed by atoms with Gasteiger partial charge in [0.15, 0.2) is 0 Å². The van der Waals surface area contributed by atoms with Crippen LogP contribution >= 0.6 is 11.6 Å². The summed E-state index contributed by atoms with van der Waals surface area (Å²) in [5.74, 6) is -0.477. The molecule has 2 rings (SSSR count). The van der Waals surface area contributed by atoms with Crippen molar-refractivity contribution >= 4 is 34.2 Å². The van der Waals surface area contributed by atoms with E-state index >= 15 is 0 Å². The van der Waals surface area contributed by atoms with Crippen LogP contribution in [0.15, 0.2) is 24.3 Å². The van der Waals surface area contributed by atoms with Crippen molar-refractivity contribution in [3.63, 3.8) is 0 Å². The molecule has 0 aliphatic carbocycles. The number of nitrogen functional groups attached to an aromatic ring is 1. The summed E-state index contributed by atoms with van der Waals surface area (Å²) in [5.41, 5.74) is 7.23. The monoisotopic (exact) mass is 250 g/mol. The summed E-state index contributed by atoms with van der Waals surface area (Å²) in [6.45, 7) is 2.03. The molecule has 2 aromatic rings. The van der Waals surface area contributed by atoms with E-state index in [2.05, 4.69) is 4.98 Å². The Morgan fingerprint density at radius 2 is 2.24 bits per heavy atom. The number of rotatable bonds is 2. The summed E-state index contributed by atoms with van der Waals surface area (Å²) >= 11 is 5.93. The summed E-state index contributed by atoms with van der Waals surface area (Å²) in [4.78, 5) is 15.7. The number of ether oxygens (including phenoxy) is 1. The Kier molecular flexibility index (Phi) is 3.15. The van der Waals surface area contributed by atoms with Crippen molar-refractivity contribution in [3.05, 3.63) is 35.0 Å². The van der Waals surface area contributed by atoms with Crippen LogP contribution in [0.5, 0.6) is 0 Å². The number of carbonyl (C=O) groups is 1. The molecule has 0 spiro atoms. The molecule has 17 heavy (non-hydrogen) atoms. The largest absolute Gasteiger partial charge is 0.462 e. The molecule has 2 N–H and O–H groups in total. The molecule has 5 heteroatoms. The lowest BCUT2D eigenvalue weighted by molar-refractivity contribution is 0.0526. The minimum atomic E-state index is -0.477. The van der Waals surface area contributed by atoms with Gasteiger partial charge in [-0.15, -0.1) is 0 Å². The fraction of sp³-hybridized carbons (Fsp3) is 0.167. The Bertz CT molecular complexity index is 584. The van der Waals surface area contributed by atoms with Crippen LogP contribution in [-0.2, 0) is 4.74 Å². The highest BCUT2D eigenvalue weighted by atomic mass is 35.5. The molecule has 1 aromatic carbocycles. The van der Waals surface area contributed by atoms with Gasteiger partial charge < -0.3 is 10.5 Å². The lowest BCUT2D eigenvalue weighted by Crippen LogP contribution is -2.06. The quantitative estimate of drug-likeness (QED) is 0.506. The third kappa shape index (κ3) is 2.31. The molecular formula is C12H11ClN2O2. The molecular weight excluding hydrogens is 240 g/mol. The summed E-state index contributed by atoms with van der Waals surface area (Å²) in [5, 5.41) is 0.901. The third-order valence-electron chi connectivity index (χ3n) is 2.29. The van der Waals surface area contributed by atoms with Gasteiger partial charge in [-0.1, -0.05) is 11.6 Å². The van der Waals surface area contributed by atoms with E-state index in [4.69, 9.17) is 22.1 Å². The number of nitrogens with two attached hydrogens (primary N) is 1. The van der Waals surface area contributed by atoms with Crippen LogP contribution in [0.2, 0.25) is 5.15 Å². The number of esters is 1. The second-order valence-electron chi connectivity index (χ2n) is 3.50. The molecule has 0 aliphatic rings. The van der Waals surface area contributed by atoms with Crippen LogP contribution in [0.4, 0.5) is 5.69 Å². The van der Waals surface area contributed by atoms with Crippen LogP contribution in [0, 0.1) is 0 Å². The average Bonchev–Trinajstić information content (AvgIpc) is 2.29. The first-order valence-electron chi connectivity index (χ1n) is 5.14. The topological polar surface area (TPSA) is 65.2 Å². The van der Waals surface area contributed by atoms with E-state index in [1.165, 1.54) is 0 Å². The second kappa shape index (κ2) is 4.59. The van der Waals surface area contributed by atoms with Crippen molar-refractivity contribution in [3.8, 4) is 0 Å². The Balaban J connectivity index is 2.57. The summed E-state index contributed by atoms with van der Waals surface area (Å²) < 4.78 is 4.89. The summed E-state index contributed by atoms with van der Waals surface area (Å²) in [7, 11) is 0. The SMILES string of the molecule is CCOC(=O)c1cc2cc(N)ccc2nc1Cl. The van der Waals surface area contributed by atoms with Gasteiger partial charge in [0.1, 0.15) is 5.15 Å². The molecule has 0 amide bonds. The minimum Gasteiger partial charge on any atom is -0.462 e. The van der Waals surface area contributed by atoms with Gasteiger partial charge in [-0.2, -0.15) is 0 Å². The van der Waals surface area contributed by atoms with Gasteiger partial charge in [-0.25, -0.2) is 9.78 Å². The maximum Gasteiger partial charge on any atom is 0.341 e. The number of fused-ring (bicyclic) bond motifs is 1. The molecule has 1 heterocycles. The van der Waals surface area contributed by atoms with E-state index < -0.39 is 5.97 Å². The summed E-state index contributed by atoms with van der Waals surface area (Å²) in [6.07, 6.45) is 0. The van der Waals surface area contributed by atoms with E-state index in [1.54, 1.807) is 31.2 Å². The molecule has 0 saturated heterocycles. The van der Waals surface area contributed by atoms with Crippen LogP contribution < -0.4 is 5.73 Å². The van der Waals surface area contributed by atoms with Crippen molar-refractivity contribution in [1.29, 1.82) is 0 Å². The number of halogens is 1. The molecule has 0 bridgehead atoms. The molecule has 4 nitrogen and oxygen atoms in total. The zero-order valence-electron chi connectivity index (χ0n) is 9.24. The van der Waals surface area contributed by atoms with Crippen LogP contribution in [-0.4, -0.2) is 17.6 Å². The van der Waals surface area contributed by atoms with Crippen molar-refractivity contribution in [2.75, 3.05) is 12.3 Å². The Labute approximate surface area is 103 Å². The number of carbonyl (C=O) groups excluding carboxylic acids is 1. The number of aromatic nitrogens is 1. The van der Waals surface area contributed by atoms with Gasteiger partial charge in [0, 0.05) is 11.1 Å². The first kappa shape index (κ1) is 11.7. The average molecular weight is 251 g/mol. The van der Waals surface area contributed by atoms with Gasteiger partial charge in [0.2, 0.25) is 0 Å². The highest BCUT2D eigenvalue weighted by molar-refractivity contribution is 6.33. The first-order chi connectivity index (χ1) is 8.11. The van der Waals surface area contributed by atoms with Crippen LogP contribution in [0.3, 0.4) is 0 Å². The highest BCUT2D eigenvalue weighted by Crippen LogP contribution is 2.22. The van der Waals surface area contributed by atoms with E-state index in [1.807, 2.05) is 0 Å². The van der Waals surface area contributed by atoms with Crippen LogP contribution in [0.25, 0.3) is 10.9 Å². The zero-order chi connectivity index (χ0) is 12.4. The first-order valence-corrected chi connectivity index (χ1v) is 5.52. The van der Waals surface area contributed by atoms with Crippen molar-refractivity contribution in [1.82, 2.24) is 4.98 Å². The molecule has 0 atom stereocenters. The standard InChI is InChI=1S/C12H11ClN2O2/c1-2-17-12(16)9-6-7-5-8(14)3-4-10(7)15-11(9)13/h3-6H,2,14H2,1H3. The number of nitrogens with zero attached hydrogens (tertiary/aromatic N) is 1. The number of benzene rings is 1. The van der Waals surface area contributed by atoms with Crippen LogP contribution in [0.1, 0.15) is 17.3 Å². The van der Waals surface area contributed by atoms with Gasteiger partial charge in [0.05, 0.1) is 17.7 Å². The Morgan fingerprint density at radius 3 is 2.94 bits per heavy atom. The fourth-order valence-corrected chi connectivity index (χ4v) is 1.75. The van der Waals surface area contributed by atoms with E-state index in [9.17, 15) is 4.79 Å². The normalized spacial score (nSPS) is 10.5. The molecule has 0 radical (unpaired) electrons. The maximum absolute atomic E-state index is 11.6. The molecule has 0 fully saturated rings. The van der Waals surface area contributed by atoms with E-state index in [-0.39, 0.29) is 10.7 Å². The summed E-state index contributed by atoms with van der Waals surface area (Å²) in [6, 6.07) is 6.86. The fourth-order valence-electron chi connectivity index (χ4n) is 1.52. The van der Waals surface area contributed by atoms with Crippen molar-refractivity contribution < 1.29 is 9.53 Å². The molecule has 0 saturated carbocycles. The van der Waals surface area contributed by atoms with Gasteiger partial charge in [0.25, 0.3) is 0 Å². The smallest absolute Gasteiger partial charge is 0.341 e. The Morgan fingerprint density at radius 1 is 1.47 bits per heavy atom. The lowest BCUT2D eigenvalue weighted by Gasteiger charge is -2.06. The predicted molar refractivity (Wildman–Crippen MR) is 67.1 cm³/mol. The third-order valence-corrected chi connectivity index (χ3v) is 2.58. The molecule has 0 unspecified atom stereocenters.